The first kappa shape index (κ1) is 24.1. The normalized spacial score (nSPS) is 20.5. The molecule has 10 heteroatoms. The van der Waals surface area contributed by atoms with Gasteiger partial charge in [0, 0.05) is 30.3 Å². The second-order valence-electron chi connectivity index (χ2n) is 10.4. The number of anilines is 1. The molecule has 0 spiro atoms. The van der Waals surface area contributed by atoms with Gasteiger partial charge >= 0.3 is 0 Å². The van der Waals surface area contributed by atoms with E-state index in [1.165, 1.54) is 6.33 Å². The Hall–Kier alpha value is -4.02. The Morgan fingerprint density at radius 3 is 2.46 bits per heavy atom. The summed E-state index contributed by atoms with van der Waals surface area (Å²) in [5.41, 5.74) is 11.8. The van der Waals surface area contributed by atoms with Gasteiger partial charge in [0.15, 0.2) is 5.65 Å². The largest absolute Gasteiger partial charge is 0.497 e. The number of nitrogen functional groups attached to an aromatic ring is 1. The van der Waals surface area contributed by atoms with Crippen molar-refractivity contribution in [3.05, 3.63) is 48.8 Å². The maximum atomic E-state index is 6.42. The fourth-order valence-corrected chi connectivity index (χ4v) is 6.11. The molecule has 0 bridgehead atoms. The average molecular weight is 525 g/mol. The quantitative estimate of drug-likeness (QED) is 0.346. The number of nitrogens with zero attached hydrogens (tertiary/aromatic N) is 6. The van der Waals surface area contributed by atoms with Crippen LogP contribution in [0, 0.1) is 0 Å². The number of aromatic nitrogens is 6. The second kappa shape index (κ2) is 9.94. The maximum Gasteiger partial charge on any atom is 0.164 e. The molecule has 1 aliphatic heterocycles. The number of aromatic amines is 1. The number of nitrogens with one attached hydrogen (secondary N) is 1. The number of hydrogen-bond acceptors (Lipinski definition) is 8. The Kier molecular flexibility index (Phi) is 6.13. The summed E-state index contributed by atoms with van der Waals surface area (Å²) in [6.45, 7) is 3.74. The summed E-state index contributed by atoms with van der Waals surface area (Å²) in [7, 11) is 1.66. The van der Waals surface area contributed by atoms with Crippen LogP contribution in [0.4, 0.5) is 5.82 Å². The molecular formula is C29H32N8O2. The molecule has 3 aromatic heterocycles. The number of imidazole rings is 1. The van der Waals surface area contributed by atoms with Gasteiger partial charge in [-0.2, -0.15) is 5.10 Å². The number of morpholine rings is 1. The highest BCUT2D eigenvalue weighted by molar-refractivity contribution is 5.99. The predicted molar refractivity (Wildman–Crippen MR) is 150 cm³/mol. The first-order valence-electron chi connectivity index (χ1n) is 13.6. The molecular weight excluding hydrogens is 492 g/mol. The minimum atomic E-state index is 0.283. The van der Waals surface area contributed by atoms with Gasteiger partial charge in [-0.15, -0.1) is 0 Å². The fraction of sp³-hybridized carbons (Fsp3) is 0.379. The number of nitrogens with two attached hydrogens (primary N) is 1. The summed E-state index contributed by atoms with van der Waals surface area (Å²) < 4.78 is 12.9. The molecule has 4 heterocycles. The molecule has 0 unspecified atom stereocenters. The molecule has 3 N–H and O–H groups in total. The summed E-state index contributed by atoms with van der Waals surface area (Å²) in [6, 6.07) is 14.9. The highest BCUT2D eigenvalue weighted by atomic mass is 16.5. The van der Waals surface area contributed by atoms with Gasteiger partial charge in [-0.25, -0.2) is 19.6 Å². The van der Waals surface area contributed by atoms with E-state index in [0.717, 1.165) is 102 Å². The minimum absolute atomic E-state index is 0.283. The van der Waals surface area contributed by atoms with E-state index in [9.17, 15) is 0 Å². The van der Waals surface area contributed by atoms with Gasteiger partial charge in [0.25, 0.3) is 0 Å². The highest BCUT2D eigenvalue weighted by Crippen LogP contribution is 2.37. The second-order valence-corrected chi connectivity index (χ2v) is 10.4. The zero-order valence-corrected chi connectivity index (χ0v) is 22.0. The zero-order chi connectivity index (χ0) is 26.3. The lowest BCUT2D eigenvalue weighted by atomic mass is 9.90. The Bertz CT molecular complexity index is 1610. The van der Waals surface area contributed by atoms with E-state index in [2.05, 4.69) is 36.7 Å². The number of benzene rings is 2. The van der Waals surface area contributed by atoms with Gasteiger partial charge in [-0.3, -0.25) is 4.90 Å². The van der Waals surface area contributed by atoms with E-state index in [-0.39, 0.29) is 6.04 Å². The lowest BCUT2D eigenvalue weighted by Crippen LogP contribution is -2.45. The number of fused-ring (bicyclic) bond motifs is 2. The molecule has 2 aliphatic rings. The molecule has 0 atom stereocenters. The van der Waals surface area contributed by atoms with Crippen LogP contribution in [-0.2, 0) is 4.74 Å². The van der Waals surface area contributed by atoms with Crippen LogP contribution in [-0.4, -0.2) is 74.1 Å². The van der Waals surface area contributed by atoms with Gasteiger partial charge in [0.2, 0.25) is 0 Å². The van der Waals surface area contributed by atoms with Crippen LogP contribution in [0.25, 0.3) is 44.7 Å². The van der Waals surface area contributed by atoms with E-state index in [1.807, 2.05) is 30.3 Å². The van der Waals surface area contributed by atoms with E-state index >= 15 is 0 Å². The molecule has 2 aromatic carbocycles. The molecule has 0 radical (unpaired) electrons. The van der Waals surface area contributed by atoms with Gasteiger partial charge in [-0.05, 0) is 62.1 Å². The van der Waals surface area contributed by atoms with Crippen LogP contribution in [0.15, 0.2) is 48.8 Å². The Morgan fingerprint density at radius 2 is 1.69 bits per heavy atom. The molecule has 1 saturated heterocycles. The first-order chi connectivity index (χ1) is 19.2. The lowest BCUT2D eigenvalue weighted by molar-refractivity contribution is 0.00520. The monoisotopic (exact) mass is 524 g/mol. The first-order valence-corrected chi connectivity index (χ1v) is 13.6. The van der Waals surface area contributed by atoms with E-state index in [0.29, 0.717) is 11.9 Å². The lowest BCUT2D eigenvalue weighted by Gasteiger charge is -2.38. The topological polar surface area (TPSA) is 120 Å². The molecule has 1 aliphatic carbocycles. The van der Waals surface area contributed by atoms with Crippen molar-refractivity contribution in [2.24, 2.45) is 0 Å². The fourth-order valence-electron chi connectivity index (χ4n) is 6.11. The van der Waals surface area contributed by atoms with Crippen molar-refractivity contribution < 1.29 is 9.47 Å². The van der Waals surface area contributed by atoms with Crippen molar-refractivity contribution in [2.45, 2.75) is 37.8 Å². The van der Waals surface area contributed by atoms with Crippen molar-refractivity contribution in [1.82, 2.24) is 34.6 Å². The number of rotatable bonds is 5. The highest BCUT2D eigenvalue weighted by Gasteiger charge is 2.30. The Balaban J connectivity index is 1.21. The minimum Gasteiger partial charge on any atom is -0.497 e. The molecule has 2 fully saturated rings. The van der Waals surface area contributed by atoms with Crippen LogP contribution >= 0.6 is 0 Å². The average Bonchev–Trinajstić information content (AvgIpc) is 3.60. The summed E-state index contributed by atoms with van der Waals surface area (Å²) in [5.74, 6) is 2.07. The molecule has 7 rings (SSSR count). The molecule has 39 heavy (non-hydrogen) atoms. The number of methoxy groups -OCH3 is 1. The molecule has 0 amide bonds. The zero-order valence-electron chi connectivity index (χ0n) is 22.0. The molecule has 200 valence electrons. The standard InChI is InChI=1S/C29H32N8O2/c1-38-22-9-2-18(3-10-22)28-33-23-11-4-19(16-24(23)34-28)26-25-27(30)31-17-32-29(25)37(35-26)21-7-5-20(6-8-21)36-12-14-39-15-13-36/h2-4,9-11,16-17,20-21H,5-8,12-15H2,1H3,(H,33,34)(H2,30,31,32). The van der Waals surface area contributed by atoms with Crippen molar-refractivity contribution >= 4 is 27.9 Å². The van der Waals surface area contributed by atoms with E-state index in [1.54, 1.807) is 7.11 Å². The number of ether oxygens (including phenoxy) is 2. The Labute approximate surface area is 226 Å². The Morgan fingerprint density at radius 1 is 0.949 bits per heavy atom. The van der Waals surface area contributed by atoms with Crippen LogP contribution in [0.3, 0.4) is 0 Å². The van der Waals surface area contributed by atoms with Gasteiger partial charge in [-0.1, -0.05) is 6.07 Å². The molecule has 10 nitrogen and oxygen atoms in total. The van der Waals surface area contributed by atoms with Crippen LogP contribution in [0.5, 0.6) is 5.75 Å². The smallest absolute Gasteiger partial charge is 0.164 e. The summed E-state index contributed by atoms with van der Waals surface area (Å²) in [4.78, 5) is 19.8. The van der Waals surface area contributed by atoms with Gasteiger partial charge in [0.1, 0.15) is 29.4 Å². The van der Waals surface area contributed by atoms with Gasteiger partial charge < -0.3 is 20.2 Å². The number of hydrogen-bond donors (Lipinski definition) is 2. The van der Waals surface area contributed by atoms with Crippen LogP contribution in [0.1, 0.15) is 31.7 Å². The third-order valence-electron chi connectivity index (χ3n) is 8.21. The van der Waals surface area contributed by atoms with Crippen LogP contribution < -0.4 is 10.5 Å². The van der Waals surface area contributed by atoms with Crippen molar-refractivity contribution in [2.75, 3.05) is 39.1 Å². The number of H-pyrrole nitrogens is 1. The summed E-state index contributed by atoms with van der Waals surface area (Å²) in [6.07, 6.45) is 5.96. The molecule has 1 saturated carbocycles. The van der Waals surface area contributed by atoms with Gasteiger partial charge in [0.05, 0.1) is 42.8 Å². The van der Waals surface area contributed by atoms with E-state index < -0.39 is 0 Å². The molecule has 5 aromatic rings. The van der Waals surface area contributed by atoms with Crippen molar-refractivity contribution in [3.63, 3.8) is 0 Å². The summed E-state index contributed by atoms with van der Waals surface area (Å²) >= 11 is 0. The predicted octanol–water partition coefficient (Wildman–Crippen LogP) is 4.44. The van der Waals surface area contributed by atoms with Crippen molar-refractivity contribution in [1.29, 1.82) is 0 Å². The van der Waals surface area contributed by atoms with Crippen molar-refractivity contribution in [3.8, 4) is 28.4 Å². The van der Waals surface area contributed by atoms with E-state index in [4.69, 9.17) is 25.3 Å². The third-order valence-corrected chi connectivity index (χ3v) is 8.21. The SMILES string of the molecule is COc1ccc(-c2nc3ccc(-c4nn(C5CCC(N6CCOCC6)CC5)c5ncnc(N)c45)cc3[nH]2)cc1. The van der Waals surface area contributed by atoms with Crippen LogP contribution in [0.2, 0.25) is 0 Å². The summed E-state index contributed by atoms with van der Waals surface area (Å²) in [5, 5.41) is 5.93. The maximum absolute atomic E-state index is 6.42. The third kappa shape index (κ3) is 4.39.